The van der Waals surface area contributed by atoms with E-state index < -0.39 is 0 Å². The van der Waals surface area contributed by atoms with Crippen LogP contribution < -0.4 is 0 Å². The van der Waals surface area contributed by atoms with Crippen LogP contribution in [0, 0.1) is 13.8 Å². The van der Waals surface area contributed by atoms with Gasteiger partial charge >= 0.3 is 0 Å². The summed E-state index contributed by atoms with van der Waals surface area (Å²) in [7, 11) is 2.03. The minimum absolute atomic E-state index is 0.127. The lowest BCUT2D eigenvalue weighted by Crippen LogP contribution is -2.41. The third kappa shape index (κ3) is 4.91. The maximum absolute atomic E-state index is 12.4. The van der Waals surface area contributed by atoms with Gasteiger partial charge in [-0.3, -0.25) is 4.79 Å². The molecule has 0 bridgehead atoms. The molecule has 0 spiro atoms. The van der Waals surface area contributed by atoms with E-state index in [1.54, 1.807) is 11.3 Å². The molecule has 4 rings (SSSR count). The van der Waals surface area contributed by atoms with Crippen molar-refractivity contribution in [3.63, 3.8) is 0 Å². The summed E-state index contributed by atoms with van der Waals surface area (Å²) < 4.78 is 0. The van der Waals surface area contributed by atoms with Crippen LogP contribution in [0.1, 0.15) is 45.4 Å². The van der Waals surface area contributed by atoms with E-state index in [0.29, 0.717) is 0 Å². The van der Waals surface area contributed by atoms with Gasteiger partial charge < -0.3 is 9.80 Å². The smallest absolute Gasteiger partial charge is 0.253 e. The molecule has 0 radical (unpaired) electrons. The van der Waals surface area contributed by atoms with Crippen molar-refractivity contribution < 1.29 is 4.79 Å². The van der Waals surface area contributed by atoms with E-state index in [2.05, 4.69) is 48.2 Å². The number of aliphatic imine (C=N–C) groups is 1. The average Bonchev–Trinajstić information content (AvgIpc) is 3.22. The van der Waals surface area contributed by atoms with Crippen molar-refractivity contribution in [2.45, 2.75) is 33.6 Å². The normalized spacial score (nSPS) is 13.4. The first-order valence-electron chi connectivity index (χ1n) is 11.1. The van der Waals surface area contributed by atoms with Crippen LogP contribution >= 0.6 is 11.3 Å². The number of carbonyl (C=O) groups excluding carboxylic acids is 1. The molecule has 166 valence electrons. The predicted molar refractivity (Wildman–Crippen MR) is 133 cm³/mol. The molecule has 32 heavy (non-hydrogen) atoms. The minimum Gasteiger partial charge on any atom is -0.366 e. The summed E-state index contributed by atoms with van der Waals surface area (Å²) in [5.74, 6) is 0.127. The first-order chi connectivity index (χ1) is 15.4. The SMILES string of the molecule is CCN(C)/C=N/c1cc(C)c(Cc2nc(-c3ccc(C(=O)N4CCC4)cc3)cs2)cc1C. The van der Waals surface area contributed by atoms with Crippen molar-refractivity contribution in [1.29, 1.82) is 0 Å². The highest BCUT2D eigenvalue weighted by Gasteiger charge is 2.21. The number of thiazole rings is 1. The summed E-state index contributed by atoms with van der Waals surface area (Å²) in [6, 6.07) is 12.2. The Labute approximate surface area is 194 Å². The average molecular weight is 447 g/mol. The number of carbonyl (C=O) groups is 1. The monoisotopic (exact) mass is 446 g/mol. The number of benzene rings is 2. The lowest BCUT2D eigenvalue weighted by Gasteiger charge is -2.30. The Balaban J connectivity index is 1.46. The van der Waals surface area contributed by atoms with Gasteiger partial charge in [0.05, 0.1) is 22.7 Å². The van der Waals surface area contributed by atoms with Gasteiger partial charge in [0.2, 0.25) is 0 Å². The third-order valence-corrected chi connectivity index (χ3v) is 6.86. The third-order valence-electron chi connectivity index (χ3n) is 6.01. The number of hydrogen-bond donors (Lipinski definition) is 0. The standard InChI is InChI=1S/C26H30N4OS/c1-5-29(4)17-27-23-14-18(2)22(13-19(23)3)15-25-28-24(16-32-25)20-7-9-21(10-8-20)26(31)30-11-6-12-30/h7-10,13-14,16-17H,5-6,11-12,15H2,1-4H3/b27-17+. The Kier molecular flexibility index (Phi) is 6.70. The Morgan fingerprint density at radius 1 is 1.19 bits per heavy atom. The lowest BCUT2D eigenvalue weighted by atomic mass is 10.0. The fourth-order valence-electron chi connectivity index (χ4n) is 3.61. The maximum atomic E-state index is 12.4. The molecule has 2 aromatic carbocycles. The molecule has 0 N–H and O–H groups in total. The Morgan fingerprint density at radius 2 is 1.94 bits per heavy atom. The molecule has 0 aliphatic carbocycles. The molecule has 1 aromatic heterocycles. The zero-order valence-corrected chi connectivity index (χ0v) is 20.1. The van der Waals surface area contributed by atoms with Crippen molar-refractivity contribution in [1.82, 2.24) is 14.8 Å². The van der Waals surface area contributed by atoms with Crippen LogP contribution in [0.3, 0.4) is 0 Å². The molecule has 5 nitrogen and oxygen atoms in total. The van der Waals surface area contributed by atoms with Crippen LogP contribution in [-0.2, 0) is 6.42 Å². The predicted octanol–water partition coefficient (Wildman–Crippen LogP) is 5.48. The fourth-order valence-corrected chi connectivity index (χ4v) is 4.43. The highest BCUT2D eigenvalue weighted by atomic mass is 32.1. The number of aryl methyl sites for hydroxylation is 2. The quantitative estimate of drug-likeness (QED) is 0.357. The van der Waals surface area contributed by atoms with Gasteiger partial charge in [0, 0.05) is 49.6 Å². The number of aromatic nitrogens is 1. The van der Waals surface area contributed by atoms with Crippen molar-refractivity contribution in [2.75, 3.05) is 26.7 Å². The van der Waals surface area contributed by atoms with Crippen LogP contribution in [0.5, 0.6) is 0 Å². The van der Waals surface area contributed by atoms with Crippen molar-refractivity contribution in [3.05, 3.63) is 69.0 Å². The van der Waals surface area contributed by atoms with Crippen LogP contribution in [0.2, 0.25) is 0 Å². The molecule has 6 heteroatoms. The summed E-state index contributed by atoms with van der Waals surface area (Å²) in [5.41, 5.74) is 7.46. The topological polar surface area (TPSA) is 48.8 Å². The largest absolute Gasteiger partial charge is 0.366 e. The van der Waals surface area contributed by atoms with E-state index in [1.807, 2.05) is 42.6 Å². The zero-order chi connectivity index (χ0) is 22.7. The van der Waals surface area contributed by atoms with Crippen molar-refractivity contribution in [2.24, 2.45) is 4.99 Å². The fraction of sp³-hybridized carbons (Fsp3) is 0.346. The Morgan fingerprint density at radius 3 is 2.59 bits per heavy atom. The van der Waals surface area contributed by atoms with E-state index in [0.717, 1.165) is 60.0 Å². The number of rotatable bonds is 7. The molecular weight excluding hydrogens is 416 g/mol. The highest BCUT2D eigenvalue weighted by molar-refractivity contribution is 7.10. The van der Waals surface area contributed by atoms with Crippen LogP contribution in [0.15, 0.2) is 46.8 Å². The van der Waals surface area contributed by atoms with Crippen molar-refractivity contribution >= 4 is 29.3 Å². The van der Waals surface area contributed by atoms with Gasteiger partial charge in [-0.25, -0.2) is 9.98 Å². The molecule has 0 unspecified atom stereocenters. The van der Waals surface area contributed by atoms with E-state index >= 15 is 0 Å². The second-order valence-corrected chi connectivity index (χ2v) is 9.35. The van der Waals surface area contributed by atoms with Crippen LogP contribution in [-0.4, -0.2) is 53.7 Å². The molecule has 1 saturated heterocycles. The second kappa shape index (κ2) is 9.65. The van der Waals surface area contributed by atoms with Gasteiger partial charge in [-0.1, -0.05) is 18.2 Å². The molecule has 2 heterocycles. The summed E-state index contributed by atoms with van der Waals surface area (Å²) in [4.78, 5) is 25.8. The van der Waals surface area contributed by atoms with Crippen LogP contribution in [0.4, 0.5) is 5.69 Å². The first kappa shape index (κ1) is 22.2. The van der Waals surface area contributed by atoms with Gasteiger partial charge in [0.15, 0.2) is 0 Å². The van der Waals surface area contributed by atoms with Gasteiger partial charge in [-0.15, -0.1) is 11.3 Å². The molecule has 3 aromatic rings. The first-order valence-corrected chi connectivity index (χ1v) is 12.0. The highest BCUT2D eigenvalue weighted by Crippen LogP contribution is 2.28. The van der Waals surface area contributed by atoms with Crippen molar-refractivity contribution in [3.8, 4) is 11.3 Å². The van der Waals surface area contributed by atoms with Gasteiger partial charge in [-0.2, -0.15) is 0 Å². The molecule has 0 atom stereocenters. The molecule has 1 amide bonds. The minimum atomic E-state index is 0.127. The number of amides is 1. The van der Waals surface area contributed by atoms with E-state index in [1.165, 1.54) is 16.7 Å². The summed E-state index contributed by atoms with van der Waals surface area (Å²) >= 11 is 1.68. The molecule has 1 aliphatic rings. The number of nitrogens with zero attached hydrogens (tertiary/aromatic N) is 4. The van der Waals surface area contributed by atoms with E-state index in [9.17, 15) is 4.79 Å². The molecule has 1 fully saturated rings. The van der Waals surface area contributed by atoms with E-state index in [4.69, 9.17) is 4.98 Å². The Bertz CT molecular complexity index is 1130. The summed E-state index contributed by atoms with van der Waals surface area (Å²) in [5, 5.41) is 3.19. The zero-order valence-electron chi connectivity index (χ0n) is 19.3. The van der Waals surface area contributed by atoms with Gasteiger partial charge in [-0.05, 0) is 62.1 Å². The second-order valence-electron chi connectivity index (χ2n) is 8.41. The molecule has 1 aliphatic heterocycles. The van der Waals surface area contributed by atoms with E-state index in [-0.39, 0.29) is 5.91 Å². The Hall–Kier alpha value is -2.99. The number of hydrogen-bond acceptors (Lipinski definition) is 4. The summed E-state index contributed by atoms with van der Waals surface area (Å²) in [6.07, 6.45) is 3.80. The van der Waals surface area contributed by atoms with Gasteiger partial charge in [0.25, 0.3) is 5.91 Å². The maximum Gasteiger partial charge on any atom is 0.253 e. The lowest BCUT2D eigenvalue weighted by molar-refractivity contribution is 0.0652. The molecular formula is C26H30N4OS. The summed E-state index contributed by atoms with van der Waals surface area (Å²) in [6.45, 7) is 9.04. The van der Waals surface area contributed by atoms with Gasteiger partial charge in [0.1, 0.15) is 0 Å². The van der Waals surface area contributed by atoms with Crippen LogP contribution in [0.25, 0.3) is 11.3 Å². The number of likely N-dealkylation sites (tertiary alicyclic amines) is 1. The molecule has 0 saturated carbocycles.